The van der Waals surface area contributed by atoms with Crippen LogP contribution >= 0.6 is 0 Å². The van der Waals surface area contributed by atoms with E-state index in [9.17, 15) is 28.8 Å². The molecule has 24 nitrogen and oxygen atoms in total. The fourth-order valence-corrected chi connectivity index (χ4v) is 11.2. The number of carbonyl (C=O) groups excluding carboxylic acids is 6. The molecule has 10 aromatic carbocycles. The van der Waals surface area contributed by atoms with Gasteiger partial charge in [0.15, 0.2) is 34.5 Å². The molecule has 120 heavy (non-hydrogen) atoms. The minimum absolute atomic E-state index is 0.0794. The molecule has 0 unspecified atom stereocenters. The van der Waals surface area contributed by atoms with Gasteiger partial charge in [0.05, 0.1) is 39.6 Å². The number of hydrogen-bond donors (Lipinski definition) is 0. The van der Waals surface area contributed by atoms with Crippen LogP contribution in [0, 0.1) is 0 Å². The first-order chi connectivity index (χ1) is 58.7. The van der Waals surface area contributed by atoms with Crippen molar-refractivity contribution in [3.05, 3.63) is 255 Å². The normalized spacial score (nSPS) is 11.3. The second-order valence-electron chi connectivity index (χ2n) is 26.3. The first-order valence-corrected chi connectivity index (χ1v) is 39.7. The van der Waals surface area contributed by atoms with Gasteiger partial charge >= 0.3 is 35.8 Å². The first-order valence-electron chi connectivity index (χ1n) is 39.7. The summed E-state index contributed by atoms with van der Waals surface area (Å²) in [6, 6.07) is 50.3. The molecule has 624 valence electrons. The van der Waals surface area contributed by atoms with Gasteiger partial charge in [-0.3, -0.25) is 0 Å². The minimum Gasteiger partial charge on any atom is -0.494 e. The molecule has 0 amide bonds. The average molecular weight is 1630 g/mol. The van der Waals surface area contributed by atoms with Crippen molar-refractivity contribution in [1.82, 2.24) is 0 Å². The van der Waals surface area contributed by atoms with Crippen molar-refractivity contribution in [2.45, 2.75) is 80.1 Å². The van der Waals surface area contributed by atoms with Crippen molar-refractivity contribution < 1.29 is 114 Å². The van der Waals surface area contributed by atoms with Gasteiger partial charge in [-0.05, 0) is 289 Å². The molecule has 0 N–H and O–H groups in total. The van der Waals surface area contributed by atoms with Crippen LogP contribution in [0.2, 0.25) is 0 Å². The Morgan fingerprint density at radius 2 is 0.308 bits per heavy atom. The van der Waals surface area contributed by atoms with Gasteiger partial charge in [-0.15, -0.1) is 0 Å². The Morgan fingerprint density at radius 3 is 0.425 bits per heavy atom. The summed E-state index contributed by atoms with van der Waals surface area (Å²) in [7, 11) is 0. The highest BCUT2D eigenvalue weighted by Crippen LogP contribution is 2.48. The Balaban J connectivity index is 1.09. The molecule has 0 atom stereocenters. The predicted octanol–water partition coefficient (Wildman–Crippen LogP) is 19.1. The van der Waals surface area contributed by atoms with Crippen molar-refractivity contribution in [3.63, 3.8) is 0 Å². The lowest BCUT2D eigenvalue weighted by Crippen LogP contribution is -2.11. The summed E-state index contributed by atoms with van der Waals surface area (Å²) in [5.74, 6) is -0.589. The van der Waals surface area contributed by atoms with E-state index in [1.165, 1.54) is 72.9 Å². The summed E-state index contributed by atoms with van der Waals surface area (Å²) in [6.07, 6.45) is 20.3. The zero-order valence-electron chi connectivity index (χ0n) is 67.8. The van der Waals surface area contributed by atoms with Crippen LogP contribution in [0.3, 0.4) is 0 Å². The Hall–Kier alpha value is -14.2. The third-order valence-electron chi connectivity index (χ3n) is 16.8. The van der Waals surface area contributed by atoms with Crippen LogP contribution in [0.15, 0.2) is 255 Å². The van der Waals surface area contributed by atoms with Gasteiger partial charge in [-0.1, -0.05) is 41.5 Å². The lowest BCUT2D eigenvalue weighted by molar-refractivity contribution is -0.131. The number of carbonyl (C=O) groups is 6. The zero-order valence-corrected chi connectivity index (χ0v) is 67.8. The number of esters is 6. The van der Waals surface area contributed by atoms with Crippen LogP contribution < -0.4 is 85.3 Å². The molecular weight excluding hydrogens is 1540 g/mol. The van der Waals surface area contributed by atoms with Crippen molar-refractivity contribution in [2.24, 2.45) is 0 Å². The minimum atomic E-state index is -0.939. The topological polar surface area (TPSA) is 269 Å². The summed E-state index contributed by atoms with van der Waals surface area (Å²) in [4.78, 5) is 85.5. The third kappa shape index (κ3) is 28.6. The van der Waals surface area contributed by atoms with Gasteiger partial charge in [0.2, 0.25) is 0 Å². The summed E-state index contributed by atoms with van der Waals surface area (Å²) < 4.78 is 106. The van der Waals surface area contributed by atoms with E-state index in [0.29, 0.717) is 109 Å². The fourth-order valence-electron chi connectivity index (χ4n) is 11.2. The quantitative estimate of drug-likeness (QED) is 0.0148. The molecule has 0 spiro atoms. The molecule has 0 saturated carbocycles. The first kappa shape index (κ1) is 88.2. The summed E-state index contributed by atoms with van der Waals surface area (Å²) in [5.41, 5.74) is 0. The molecule has 0 aliphatic carbocycles. The second-order valence-corrected chi connectivity index (χ2v) is 26.3. The molecule has 0 bridgehead atoms. The van der Waals surface area contributed by atoms with E-state index in [1.54, 1.807) is 146 Å². The van der Waals surface area contributed by atoms with Crippen molar-refractivity contribution >= 4 is 68.1 Å². The smallest absolute Gasteiger partial charge is 0.336 e. The van der Waals surface area contributed by atoms with Crippen LogP contribution in [-0.2, 0) is 28.8 Å². The SMILES string of the molecule is CCCOc1ccc(OCC=CC(=O)Oc2cc3c4cc(OC(=O)C=CCOc5ccc(OCCC)cc5)c(OC(=O)C=CCOc5ccc(OCCC)cc5)cc4c4cc(OC(=O)C=CCOc5ccc(OCCC)cc5)c(OC(=O)C=CCOc5ccc(OCCC)cc5)cc4c3cc2OC(=O)C=CCOc2ccc(OCCC)cc2)cc1. The monoisotopic (exact) mass is 1630 g/mol. The van der Waals surface area contributed by atoms with Crippen LogP contribution in [0.1, 0.15) is 80.1 Å². The van der Waals surface area contributed by atoms with E-state index in [-0.39, 0.29) is 106 Å². The van der Waals surface area contributed by atoms with Gasteiger partial charge in [0.25, 0.3) is 0 Å². The molecule has 0 saturated heterocycles. The molecule has 24 heteroatoms. The van der Waals surface area contributed by atoms with Gasteiger partial charge in [-0.25, -0.2) is 28.8 Å². The molecule has 10 aromatic rings. The Labute approximate surface area is 696 Å². The van der Waals surface area contributed by atoms with E-state index in [4.69, 9.17) is 85.3 Å². The Bertz CT molecular complexity index is 4330. The molecule has 0 fully saturated rings. The second kappa shape index (κ2) is 47.8. The maximum Gasteiger partial charge on any atom is 0.336 e. The third-order valence-corrected chi connectivity index (χ3v) is 16.8. The molecular formula is C96H96O24. The molecule has 0 heterocycles. The van der Waals surface area contributed by atoms with Gasteiger partial charge < -0.3 is 85.3 Å². The van der Waals surface area contributed by atoms with Gasteiger partial charge in [-0.2, -0.15) is 0 Å². The van der Waals surface area contributed by atoms with E-state index in [1.807, 2.05) is 41.5 Å². The molecule has 10 rings (SSSR count). The summed E-state index contributed by atoms with van der Waals surface area (Å²) >= 11 is 0. The Morgan fingerprint density at radius 1 is 0.192 bits per heavy atom. The van der Waals surface area contributed by atoms with E-state index >= 15 is 0 Å². The van der Waals surface area contributed by atoms with Crippen LogP contribution in [0.25, 0.3) is 32.3 Å². The van der Waals surface area contributed by atoms with Crippen molar-refractivity contribution in [2.75, 3.05) is 79.3 Å². The number of hydrogen-bond acceptors (Lipinski definition) is 24. The lowest BCUT2D eigenvalue weighted by atomic mass is 9.93. The molecule has 0 aliphatic heterocycles. The molecule has 0 radical (unpaired) electrons. The number of benzene rings is 10. The number of ether oxygens (including phenoxy) is 18. The maximum atomic E-state index is 14.3. The Kier molecular flexibility index (Phi) is 35.1. The molecule has 0 aliphatic rings. The maximum absolute atomic E-state index is 14.3. The lowest BCUT2D eigenvalue weighted by Gasteiger charge is -2.18. The van der Waals surface area contributed by atoms with Crippen molar-refractivity contribution in [3.8, 4) is 103 Å². The van der Waals surface area contributed by atoms with E-state index in [2.05, 4.69) is 0 Å². The largest absolute Gasteiger partial charge is 0.494 e. The highest BCUT2D eigenvalue weighted by Gasteiger charge is 2.25. The predicted molar refractivity (Wildman–Crippen MR) is 454 cm³/mol. The van der Waals surface area contributed by atoms with Gasteiger partial charge in [0, 0.05) is 36.5 Å². The van der Waals surface area contributed by atoms with E-state index in [0.717, 1.165) is 75.0 Å². The standard InChI is InChI=1S/C96H96O24/c1-7-49-103-67-25-37-73(38-26-67)109-55-13-19-91(97)115-85-61-79-80(62-86(85)116-92(98)20-14-56-110-74-39-27-68(28-40-74)104-50-8-2)82-64-88(118-94(100)22-16-58-112-76-43-31-70(32-44-76)106-52-10-4)90(120-96(102)24-18-60-114-78-47-35-72(36-48-78)108-54-12-6)66-84(82)83-65-89(119-95(101)23-17-59-113-77-45-33-71(34-46-77)107-53-11-5)87(63-81(79)83)117-93(99)21-15-57-111-75-41-29-69(30-42-75)105-51-9-3/h13-48,61-66H,7-12,49-60H2,1-6H3. The summed E-state index contributed by atoms with van der Waals surface area (Å²) in [6.45, 7) is 14.8. The number of fused-ring (bicyclic) bond motifs is 6. The fraction of sp³-hybridized carbons (Fsp3) is 0.250. The van der Waals surface area contributed by atoms with Crippen molar-refractivity contribution in [1.29, 1.82) is 0 Å². The van der Waals surface area contributed by atoms with E-state index < -0.39 is 35.8 Å². The summed E-state index contributed by atoms with van der Waals surface area (Å²) in [5, 5.41) is 1.23. The molecule has 0 aromatic heterocycles. The average Bonchev–Trinajstić information content (AvgIpc) is 0.723. The highest BCUT2D eigenvalue weighted by atomic mass is 16.6. The van der Waals surface area contributed by atoms with Crippen LogP contribution in [-0.4, -0.2) is 115 Å². The number of rotatable bonds is 48. The van der Waals surface area contributed by atoms with Crippen LogP contribution in [0.4, 0.5) is 0 Å². The zero-order chi connectivity index (χ0) is 84.5. The van der Waals surface area contributed by atoms with Crippen LogP contribution in [0.5, 0.6) is 103 Å². The van der Waals surface area contributed by atoms with Gasteiger partial charge in [0.1, 0.15) is 109 Å². The highest BCUT2D eigenvalue weighted by molar-refractivity contribution is 6.27.